The molecular formula is C31H43N5O2. The van der Waals surface area contributed by atoms with Crippen molar-refractivity contribution in [3.8, 4) is 0 Å². The number of nitrogens with zero attached hydrogens (tertiary/aromatic N) is 3. The van der Waals surface area contributed by atoms with Gasteiger partial charge in [0.1, 0.15) is 0 Å². The fraction of sp³-hybridized carbons (Fsp3) is 0.484. The van der Waals surface area contributed by atoms with Crippen molar-refractivity contribution < 1.29 is 9.59 Å². The summed E-state index contributed by atoms with van der Waals surface area (Å²) >= 11 is 0. The molecule has 0 aromatic heterocycles. The van der Waals surface area contributed by atoms with Gasteiger partial charge in [0.15, 0.2) is 0 Å². The molecule has 2 aromatic rings. The number of carbonyl (C=O) groups excluding carboxylic acids is 2. The zero-order valence-corrected chi connectivity index (χ0v) is 23.6. The van der Waals surface area contributed by atoms with E-state index in [9.17, 15) is 9.59 Å². The fourth-order valence-corrected chi connectivity index (χ4v) is 5.55. The second-order valence-electron chi connectivity index (χ2n) is 11.4. The summed E-state index contributed by atoms with van der Waals surface area (Å²) < 4.78 is 0. The van der Waals surface area contributed by atoms with Crippen LogP contribution in [0.3, 0.4) is 0 Å². The third kappa shape index (κ3) is 7.30. The van der Waals surface area contributed by atoms with E-state index < -0.39 is 0 Å². The van der Waals surface area contributed by atoms with Crippen molar-refractivity contribution in [1.29, 1.82) is 0 Å². The van der Waals surface area contributed by atoms with Crippen molar-refractivity contribution in [2.75, 3.05) is 7.05 Å². The Kier molecular flexibility index (Phi) is 9.84. The molecule has 38 heavy (non-hydrogen) atoms. The van der Waals surface area contributed by atoms with Crippen molar-refractivity contribution >= 4 is 24.5 Å². The normalized spacial score (nSPS) is 19.9. The molecule has 0 saturated heterocycles. The Morgan fingerprint density at radius 3 is 2.18 bits per heavy atom. The molecule has 0 atom stereocenters. The number of benzene rings is 2. The summed E-state index contributed by atoms with van der Waals surface area (Å²) in [5, 5.41) is 6.22. The minimum absolute atomic E-state index is 0.154. The first-order chi connectivity index (χ1) is 18.1. The first kappa shape index (κ1) is 29.1. The predicted octanol–water partition coefficient (Wildman–Crippen LogP) is 5.56. The lowest BCUT2D eigenvalue weighted by Crippen LogP contribution is -2.54. The van der Waals surface area contributed by atoms with Crippen LogP contribution in [0.15, 0.2) is 64.7 Å². The molecule has 0 aliphatic heterocycles. The van der Waals surface area contributed by atoms with Crippen LogP contribution in [-0.4, -0.2) is 42.0 Å². The summed E-state index contributed by atoms with van der Waals surface area (Å²) in [5.74, 6) is 0.743. The number of nitrogens with one attached hydrogen (secondary N) is 2. The van der Waals surface area contributed by atoms with Gasteiger partial charge in [-0.25, -0.2) is 5.43 Å². The minimum atomic E-state index is -0.296. The van der Waals surface area contributed by atoms with E-state index in [4.69, 9.17) is 0 Å². The summed E-state index contributed by atoms with van der Waals surface area (Å²) in [6.07, 6.45) is 5.58. The van der Waals surface area contributed by atoms with E-state index in [1.54, 1.807) is 19.2 Å². The van der Waals surface area contributed by atoms with Gasteiger partial charge in [0.2, 0.25) is 11.9 Å². The van der Waals surface area contributed by atoms with E-state index in [0.717, 1.165) is 43.2 Å². The number of hydrogen-bond donors (Lipinski definition) is 2. The van der Waals surface area contributed by atoms with Gasteiger partial charge in [-0.2, -0.15) is 5.10 Å². The number of amides is 2. The zero-order chi connectivity index (χ0) is 27.8. The standard InChI is InChI=1S/C31H43N5O2/c1-7-31(19-17-26(18-20-31)30(2,3)4)36(27(37)21-23-11-9-8-10-12-23)22-24-13-15-25(16-14-24)28(38)34-29(32-5)35-33-6/h8-16,26H,6-7,17-22H2,1-5H3,(H2,32,34,35,38). The minimum Gasteiger partial charge on any atom is -0.332 e. The van der Waals surface area contributed by atoms with Crippen molar-refractivity contribution in [2.24, 2.45) is 21.4 Å². The molecule has 1 fully saturated rings. The summed E-state index contributed by atoms with van der Waals surface area (Å²) in [6.45, 7) is 13.1. The monoisotopic (exact) mass is 517 g/mol. The second-order valence-corrected chi connectivity index (χ2v) is 11.4. The van der Waals surface area contributed by atoms with Crippen molar-refractivity contribution in [3.63, 3.8) is 0 Å². The number of carbonyl (C=O) groups is 2. The van der Waals surface area contributed by atoms with Gasteiger partial charge in [0.05, 0.1) is 6.42 Å². The van der Waals surface area contributed by atoms with E-state index in [1.165, 1.54) is 0 Å². The molecule has 0 heterocycles. The average molecular weight is 518 g/mol. The van der Waals surface area contributed by atoms with Gasteiger partial charge in [-0.1, -0.05) is 70.2 Å². The molecule has 0 radical (unpaired) electrons. The number of guanidine groups is 1. The molecule has 0 bridgehead atoms. The Hall–Kier alpha value is -3.48. The summed E-state index contributed by atoms with van der Waals surface area (Å²) in [4.78, 5) is 32.6. The van der Waals surface area contributed by atoms with Crippen LogP contribution >= 0.6 is 0 Å². The van der Waals surface area contributed by atoms with Crippen molar-refractivity contribution in [2.45, 2.75) is 78.3 Å². The lowest BCUT2D eigenvalue weighted by atomic mass is 9.66. The van der Waals surface area contributed by atoms with Crippen molar-refractivity contribution in [1.82, 2.24) is 15.6 Å². The Morgan fingerprint density at radius 2 is 1.66 bits per heavy atom. The van der Waals surface area contributed by atoms with Gasteiger partial charge in [0.25, 0.3) is 5.91 Å². The lowest BCUT2D eigenvalue weighted by Gasteiger charge is -2.50. The van der Waals surface area contributed by atoms with Gasteiger partial charge in [-0.15, -0.1) is 0 Å². The average Bonchev–Trinajstić information content (AvgIpc) is 2.91. The highest BCUT2D eigenvalue weighted by molar-refractivity contribution is 6.05. The van der Waals surface area contributed by atoms with Gasteiger partial charge in [0, 0.05) is 31.4 Å². The quantitative estimate of drug-likeness (QED) is 0.273. The Balaban J connectivity index is 1.83. The predicted molar refractivity (Wildman–Crippen MR) is 155 cm³/mol. The Morgan fingerprint density at radius 1 is 1.03 bits per heavy atom. The molecule has 3 rings (SSSR count). The Bertz CT molecular complexity index is 1110. The van der Waals surface area contributed by atoms with Crippen LogP contribution in [0, 0.1) is 11.3 Å². The smallest absolute Gasteiger partial charge is 0.257 e. The molecule has 1 saturated carbocycles. The lowest BCUT2D eigenvalue weighted by molar-refractivity contribution is -0.141. The molecule has 7 heteroatoms. The SMILES string of the molecule is C=NNC(=NC)NC(=O)c1ccc(CN(C(=O)Cc2ccccc2)C2(CC)CCC(C(C)(C)C)CC2)cc1. The largest absolute Gasteiger partial charge is 0.332 e. The summed E-state index contributed by atoms with van der Waals surface area (Å²) in [6, 6.07) is 17.4. The third-order valence-electron chi connectivity index (χ3n) is 8.07. The first-order valence-corrected chi connectivity index (χ1v) is 13.5. The molecule has 2 aromatic carbocycles. The van der Waals surface area contributed by atoms with Crippen molar-refractivity contribution in [3.05, 3.63) is 71.3 Å². The van der Waals surface area contributed by atoms with Gasteiger partial charge >= 0.3 is 0 Å². The van der Waals surface area contributed by atoms with Crippen LogP contribution in [0.25, 0.3) is 0 Å². The Labute approximate surface area is 227 Å². The van der Waals surface area contributed by atoms with Gasteiger partial charge < -0.3 is 4.90 Å². The van der Waals surface area contributed by atoms with E-state index in [0.29, 0.717) is 24.4 Å². The molecule has 204 valence electrons. The van der Waals surface area contributed by atoms with Crippen LogP contribution in [0.5, 0.6) is 0 Å². The molecule has 1 aliphatic rings. The van der Waals surface area contributed by atoms with Crippen LogP contribution in [0.1, 0.15) is 81.3 Å². The van der Waals surface area contributed by atoms with Crippen LogP contribution in [0.4, 0.5) is 0 Å². The number of aliphatic imine (C=N–C) groups is 1. The van der Waals surface area contributed by atoms with Gasteiger partial charge in [-0.3, -0.25) is 19.9 Å². The highest BCUT2D eigenvalue weighted by atomic mass is 16.2. The molecule has 2 amide bonds. The highest BCUT2D eigenvalue weighted by Crippen LogP contribution is 2.45. The zero-order valence-electron chi connectivity index (χ0n) is 23.6. The molecule has 2 N–H and O–H groups in total. The van der Waals surface area contributed by atoms with Gasteiger partial charge in [-0.05, 0) is 66.7 Å². The number of rotatable bonds is 8. The molecule has 0 unspecified atom stereocenters. The molecule has 0 spiro atoms. The maximum absolute atomic E-state index is 13.9. The summed E-state index contributed by atoms with van der Waals surface area (Å²) in [5.41, 5.74) is 5.19. The molecule has 7 nitrogen and oxygen atoms in total. The van der Waals surface area contributed by atoms with E-state index in [2.05, 4.69) is 60.1 Å². The first-order valence-electron chi connectivity index (χ1n) is 13.5. The topological polar surface area (TPSA) is 86.2 Å². The van der Waals surface area contributed by atoms with E-state index in [1.807, 2.05) is 42.5 Å². The summed E-state index contributed by atoms with van der Waals surface area (Å²) in [7, 11) is 1.55. The maximum Gasteiger partial charge on any atom is 0.257 e. The van der Waals surface area contributed by atoms with Crippen LogP contribution in [0.2, 0.25) is 0 Å². The third-order valence-corrected chi connectivity index (χ3v) is 8.07. The highest BCUT2D eigenvalue weighted by Gasteiger charge is 2.43. The number of hydrazone groups is 1. The molecule has 1 aliphatic carbocycles. The molecular weight excluding hydrogens is 474 g/mol. The number of hydrogen-bond acceptors (Lipinski definition) is 4. The van der Waals surface area contributed by atoms with Crippen LogP contribution in [-0.2, 0) is 17.8 Å². The second kappa shape index (κ2) is 12.9. The maximum atomic E-state index is 13.9. The van der Waals surface area contributed by atoms with E-state index in [-0.39, 0.29) is 28.7 Å². The van der Waals surface area contributed by atoms with E-state index >= 15 is 0 Å². The van der Waals surface area contributed by atoms with Crippen LogP contribution < -0.4 is 10.7 Å². The fourth-order valence-electron chi connectivity index (χ4n) is 5.55.